The van der Waals surface area contributed by atoms with Gasteiger partial charge in [0.25, 0.3) is 0 Å². The molecule has 1 N–H and O–H groups in total. The van der Waals surface area contributed by atoms with Crippen LogP contribution in [0.5, 0.6) is 11.5 Å². The lowest BCUT2D eigenvalue weighted by Crippen LogP contribution is -2.38. The minimum Gasteiger partial charge on any atom is -0.497 e. The topological polar surface area (TPSA) is 47.6 Å². The molecule has 2 rings (SSSR count). The molecule has 4 nitrogen and oxygen atoms in total. The zero-order valence-electron chi connectivity index (χ0n) is 16.0. The minimum absolute atomic E-state index is 0.0780. The van der Waals surface area contributed by atoms with Crippen molar-refractivity contribution in [2.75, 3.05) is 20.8 Å². The quantitative estimate of drug-likeness (QED) is 0.483. The Morgan fingerprint density at radius 2 is 1.69 bits per heavy atom. The number of benzene rings is 2. The average molecular weight is 355 g/mol. The Morgan fingerprint density at radius 1 is 1.04 bits per heavy atom. The molecule has 0 aromatic heterocycles. The van der Waals surface area contributed by atoms with E-state index in [1.54, 1.807) is 32.4 Å². The number of unbranched alkanes of at least 4 members (excludes halogenated alkanes) is 1. The summed E-state index contributed by atoms with van der Waals surface area (Å²) in [6.07, 6.45) is 3.76. The van der Waals surface area contributed by atoms with E-state index in [1.807, 2.05) is 18.2 Å². The highest BCUT2D eigenvalue weighted by Gasteiger charge is 2.21. The summed E-state index contributed by atoms with van der Waals surface area (Å²) in [5.74, 6) is 1.33. The van der Waals surface area contributed by atoms with Crippen molar-refractivity contribution in [3.63, 3.8) is 0 Å². The second-order valence-electron chi connectivity index (χ2n) is 6.35. The van der Waals surface area contributed by atoms with Gasteiger partial charge in [0, 0.05) is 11.6 Å². The third kappa shape index (κ3) is 5.88. The number of carbonyl (C=O) groups excluding carboxylic acids is 1. The maximum absolute atomic E-state index is 13.1. The highest BCUT2D eigenvalue weighted by Crippen LogP contribution is 2.24. The Kier molecular flexibility index (Phi) is 8.16. The SMILES string of the molecule is CCCCNC(CCc1ccccc1)C(=O)c1cc(OC)cc(OC)c1. The second kappa shape index (κ2) is 10.6. The van der Waals surface area contributed by atoms with E-state index in [1.165, 1.54) is 5.56 Å². The van der Waals surface area contributed by atoms with Crippen molar-refractivity contribution < 1.29 is 14.3 Å². The van der Waals surface area contributed by atoms with Gasteiger partial charge in [-0.05, 0) is 43.5 Å². The van der Waals surface area contributed by atoms with Gasteiger partial charge in [-0.2, -0.15) is 0 Å². The Labute approximate surface area is 156 Å². The van der Waals surface area contributed by atoms with E-state index in [4.69, 9.17) is 9.47 Å². The summed E-state index contributed by atoms with van der Waals surface area (Å²) in [5.41, 5.74) is 1.86. The number of carbonyl (C=O) groups is 1. The maximum Gasteiger partial charge on any atom is 0.180 e. The third-order valence-electron chi connectivity index (χ3n) is 4.44. The molecule has 2 aromatic carbocycles. The van der Waals surface area contributed by atoms with E-state index in [2.05, 4.69) is 24.4 Å². The lowest BCUT2D eigenvalue weighted by molar-refractivity contribution is 0.0937. The normalized spacial score (nSPS) is 11.8. The van der Waals surface area contributed by atoms with Crippen LogP contribution in [-0.4, -0.2) is 32.6 Å². The monoisotopic (exact) mass is 355 g/mol. The standard InChI is InChI=1S/C22H29NO3/c1-4-5-13-23-21(12-11-17-9-7-6-8-10-17)22(24)18-14-19(25-2)16-20(15-18)26-3/h6-10,14-16,21,23H,4-5,11-13H2,1-3H3. The molecule has 2 aromatic rings. The molecule has 1 unspecified atom stereocenters. The van der Waals surface area contributed by atoms with Gasteiger partial charge in [-0.1, -0.05) is 43.7 Å². The molecule has 0 radical (unpaired) electrons. The maximum atomic E-state index is 13.1. The van der Waals surface area contributed by atoms with Crippen LogP contribution in [0.4, 0.5) is 0 Å². The fourth-order valence-electron chi connectivity index (χ4n) is 2.89. The van der Waals surface area contributed by atoms with E-state index in [0.29, 0.717) is 17.1 Å². The van der Waals surface area contributed by atoms with Crippen LogP contribution in [0.15, 0.2) is 48.5 Å². The lowest BCUT2D eigenvalue weighted by atomic mass is 9.97. The van der Waals surface area contributed by atoms with Crippen molar-refractivity contribution in [1.82, 2.24) is 5.32 Å². The average Bonchev–Trinajstić information content (AvgIpc) is 2.70. The van der Waals surface area contributed by atoms with Crippen LogP contribution in [0.1, 0.15) is 42.1 Å². The number of nitrogens with one attached hydrogen (secondary N) is 1. The molecular weight excluding hydrogens is 326 g/mol. The number of methoxy groups -OCH3 is 2. The Balaban J connectivity index is 2.15. The summed E-state index contributed by atoms with van der Waals surface area (Å²) in [5, 5.41) is 3.43. The molecule has 0 bridgehead atoms. The molecule has 0 aliphatic rings. The van der Waals surface area contributed by atoms with Gasteiger partial charge in [0.15, 0.2) is 5.78 Å². The van der Waals surface area contributed by atoms with Crippen LogP contribution in [0.2, 0.25) is 0 Å². The van der Waals surface area contributed by atoms with Gasteiger partial charge >= 0.3 is 0 Å². The Hall–Kier alpha value is -2.33. The Bertz CT molecular complexity index is 663. The lowest BCUT2D eigenvalue weighted by Gasteiger charge is -2.18. The number of rotatable bonds is 11. The fourth-order valence-corrected chi connectivity index (χ4v) is 2.89. The summed E-state index contributed by atoms with van der Waals surface area (Å²) in [6.45, 7) is 2.98. The van der Waals surface area contributed by atoms with Crippen LogP contribution < -0.4 is 14.8 Å². The number of ketones is 1. The summed E-state index contributed by atoms with van der Waals surface area (Å²) in [4.78, 5) is 13.1. The molecule has 1 atom stereocenters. The van der Waals surface area contributed by atoms with Gasteiger partial charge in [0.2, 0.25) is 0 Å². The number of Topliss-reactive ketones (excluding diaryl/α,β-unsaturated/α-hetero) is 1. The van der Waals surface area contributed by atoms with Gasteiger partial charge in [-0.3, -0.25) is 4.79 Å². The third-order valence-corrected chi connectivity index (χ3v) is 4.44. The smallest absolute Gasteiger partial charge is 0.180 e. The zero-order chi connectivity index (χ0) is 18.8. The van der Waals surface area contributed by atoms with E-state index in [9.17, 15) is 4.79 Å². The molecule has 26 heavy (non-hydrogen) atoms. The highest BCUT2D eigenvalue weighted by molar-refractivity contribution is 6.00. The number of hydrogen-bond acceptors (Lipinski definition) is 4. The van der Waals surface area contributed by atoms with Gasteiger partial charge in [-0.15, -0.1) is 0 Å². The second-order valence-corrected chi connectivity index (χ2v) is 6.35. The first-order valence-corrected chi connectivity index (χ1v) is 9.22. The molecule has 0 aliphatic carbocycles. The van der Waals surface area contributed by atoms with Crippen LogP contribution in [0.25, 0.3) is 0 Å². The van der Waals surface area contributed by atoms with E-state index in [0.717, 1.165) is 32.2 Å². The molecule has 0 saturated carbocycles. The van der Waals surface area contributed by atoms with Crippen molar-refractivity contribution >= 4 is 5.78 Å². The molecule has 0 spiro atoms. The number of ether oxygens (including phenoxy) is 2. The highest BCUT2D eigenvalue weighted by atomic mass is 16.5. The zero-order valence-corrected chi connectivity index (χ0v) is 16.0. The summed E-state index contributed by atoms with van der Waals surface area (Å²) >= 11 is 0. The number of hydrogen-bond donors (Lipinski definition) is 1. The van der Waals surface area contributed by atoms with Gasteiger partial charge in [-0.25, -0.2) is 0 Å². The number of aryl methyl sites for hydroxylation is 1. The van der Waals surface area contributed by atoms with E-state index in [-0.39, 0.29) is 11.8 Å². The van der Waals surface area contributed by atoms with Gasteiger partial charge < -0.3 is 14.8 Å². The van der Waals surface area contributed by atoms with Crippen LogP contribution >= 0.6 is 0 Å². The van der Waals surface area contributed by atoms with Crippen molar-refractivity contribution in [2.24, 2.45) is 0 Å². The van der Waals surface area contributed by atoms with Crippen LogP contribution in [0, 0.1) is 0 Å². The van der Waals surface area contributed by atoms with Gasteiger partial charge in [0.05, 0.1) is 20.3 Å². The van der Waals surface area contributed by atoms with Gasteiger partial charge in [0.1, 0.15) is 11.5 Å². The van der Waals surface area contributed by atoms with Crippen molar-refractivity contribution in [3.8, 4) is 11.5 Å². The van der Waals surface area contributed by atoms with Crippen molar-refractivity contribution in [1.29, 1.82) is 0 Å². The largest absolute Gasteiger partial charge is 0.497 e. The molecule has 140 valence electrons. The molecule has 4 heteroatoms. The molecule has 0 amide bonds. The molecular formula is C22H29NO3. The molecule has 0 saturated heterocycles. The predicted molar refractivity (Wildman–Crippen MR) is 105 cm³/mol. The van der Waals surface area contributed by atoms with Crippen molar-refractivity contribution in [3.05, 3.63) is 59.7 Å². The molecule has 0 aliphatic heterocycles. The first kappa shape index (κ1) is 20.0. The fraction of sp³-hybridized carbons (Fsp3) is 0.409. The van der Waals surface area contributed by atoms with Crippen LogP contribution in [0.3, 0.4) is 0 Å². The first-order chi connectivity index (χ1) is 12.7. The molecule has 0 heterocycles. The van der Waals surface area contributed by atoms with Crippen molar-refractivity contribution in [2.45, 2.75) is 38.6 Å². The van der Waals surface area contributed by atoms with E-state index < -0.39 is 0 Å². The van der Waals surface area contributed by atoms with Crippen LogP contribution in [-0.2, 0) is 6.42 Å². The summed E-state index contributed by atoms with van der Waals surface area (Å²) in [6, 6.07) is 15.4. The predicted octanol–water partition coefficient (Wildman–Crippen LogP) is 4.28. The summed E-state index contributed by atoms with van der Waals surface area (Å²) < 4.78 is 10.6. The minimum atomic E-state index is -0.224. The Morgan fingerprint density at radius 3 is 2.27 bits per heavy atom. The summed E-state index contributed by atoms with van der Waals surface area (Å²) in [7, 11) is 3.19. The molecule has 0 fully saturated rings. The first-order valence-electron chi connectivity index (χ1n) is 9.22. The van der Waals surface area contributed by atoms with E-state index >= 15 is 0 Å².